The summed E-state index contributed by atoms with van der Waals surface area (Å²) in [4.78, 5) is 25.8. The Balaban J connectivity index is 1.36. The lowest BCUT2D eigenvalue weighted by molar-refractivity contribution is -0.137. The Bertz CT molecular complexity index is 1600. The van der Waals surface area contributed by atoms with Crippen molar-refractivity contribution in [3.8, 4) is 11.3 Å². The molecule has 0 atom stereocenters. The fourth-order valence-corrected chi connectivity index (χ4v) is 4.95. The number of hydrogen-bond acceptors (Lipinski definition) is 5. The first-order valence-corrected chi connectivity index (χ1v) is 13.7. The average Bonchev–Trinajstić information content (AvgIpc) is 3.24. The minimum absolute atomic E-state index is 0.0926. The number of aromatic nitrogens is 2. The van der Waals surface area contributed by atoms with Gasteiger partial charge in [-0.3, -0.25) is 14.2 Å². The molecule has 4 rings (SSSR count). The Morgan fingerprint density at radius 3 is 2.31 bits per heavy atom. The molecule has 1 aromatic heterocycles. The number of hydrazone groups is 1. The number of benzene rings is 3. The third-order valence-corrected chi connectivity index (χ3v) is 7.23. The van der Waals surface area contributed by atoms with E-state index in [1.165, 1.54) is 22.8 Å². The Kier molecular flexibility index (Phi) is 9.36. The van der Waals surface area contributed by atoms with E-state index >= 15 is 0 Å². The predicted octanol–water partition coefficient (Wildman–Crippen LogP) is 7.13. The molecule has 4 aromatic rings. The first-order chi connectivity index (χ1) is 19.9. The standard InChI is InChI=1S/C30H29F3N6O2S/c1-18(2)24-7-5-6-8-25(24)42-38-29(41)36-34-17-20-9-11-21(12-10-20)26-19(3)27(39(4)37-26)35-28(40)22-13-15-23(16-14-22)30(31,32)33/h5-18H,1-4H3,(H,35,40)(H2,36,38,41)/b34-17+. The zero-order chi connectivity index (χ0) is 30.4. The number of rotatable bonds is 8. The van der Waals surface area contributed by atoms with Gasteiger partial charge in [-0.15, -0.1) is 0 Å². The summed E-state index contributed by atoms with van der Waals surface area (Å²) in [6, 6.07) is 18.7. The molecule has 0 aliphatic carbocycles. The zero-order valence-corrected chi connectivity index (χ0v) is 24.1. The molecule has 1 heterocycles. The monoisotopic (exact) mass is 594 g/mol. The molecule has 0 spiro atoms. The molecule has 0 unspecified atom stereocenters. The summed E-state index contributed by atoms with van der Waals surface area (Å²) in [5.41, 5.74) is 5.68. The highest BCUT2D eigenvalue weighted by Crippen LogP contribution is 2.31. The maximum absolute atomic E-state index is 12.8. The number of nitrogens with zero attached hydrogens (tertiary/aromatic N) is 3. The van der Waals surface area contributed by atoms with Crippen LogP contribution in [0.25, 0.3) is 11.3 Å². The van der Waals surface area contributed by atoms with E-state index < -0.39 is 23.7 Å². The molecule has 0 bridgehead atoms. The van der Waals surface area contributed by atoms with Crippen molar-refractivity contribution in [2.24, 2.45) is 12.1 Å². The molecule has 0 fully saturated rings. The lowest BCUT2D eigenvalue weighted by Gasteiger charge is -2.11. The molecular formula is C30H29F3N6O2S. The van der Waals surface area contributed by atoms with Crippen molar-refractivity contribution in [2.45, 2.75) is 37.8 Å². The minimum Gasteiger partial charge on any atom is -0.307 e. The molecule has 42 heavy (non-hydrogen) atoms. The number of hydrogen-bond donors (Lipinski definition) is 3. The van der Waals surface area contributed by atoms with Gasteiger partial charge in [-0.05, 0) is 66.2 Å². The molecule has 8 nitrogen and oxygen atoms in total. The molecule has 12 heteroatoms. The zero-order valence-electron chi connectivity index (χ0n) is 23.3. The third-order valence-electron chi connectivity index (χ3n) is 6.35. The number of nitrogens with one attached hydrogen (secondary N) is 3. The van der Waals surface area contributed by atoms with E-state index in [0.717, 1.165) is 45.9 Å². The van der Waals surface area contributed by atoms with Gasteiger partial charge >= 0.3 is 12.2 Å². The SMILES string of the molecule is Cc1c(-c2ccc(/C=N/NC(=O)NSc3ccccc3C(C)C)cc2)nn(C)c1NC(=O)c1ccc(C(F)(F)F)cc1. The number of amides is 3. The van der Waals surface area contributed by atoms with Gasteiger partial charge in [0.2, 0.25) is 0 Å². The number of aryl methyl sites for hydroxylation is 1. The second-order valence-electron chi connectivity index (χ2n) is 9.69. The maximum Gasteiger partial charge on any atom is 0.416 e. The molecule has 0 aliphatic rings. The van der Waals surface area contributed by atoms with E-state index in [4.69, 9.17) is 0 Å². The van der Waals surface area contributed by atoms with Gasteiger partial charge in [-0.2, -0.15) is 23.4 Å². The van der Waals surface area contributed by atoms with Gasteiger partial charge in [-0.25, -0.2) is 10.2 Å². The van der Waals surface area contributed by atoms with E-state index in [1.54, 1.807) is 26.1 Å². The molecule has 3 aromatic carbocycles. The number of urea groups is 1. The van der Waals surface area contributed by atoms with Crippen LogP contribution in [0.15, 0.2) is 82.8 Å². The van der Waals surface area contributed by atoms with Crippen molar-refractivity contribution in [1.29, 1.82) is 0 Å². The van der Waals surface area contributed by atoms with Gasteiger partial charge in [0.1, 0.15) is 5.82 Å². The predicted molar refractivity (Wildman–Crippen MR) is 158 cm³/mol. The topological polar surface area (TPSA) is 100 Å². The van der Waals surface area contributed by atoms with Gasteiger partial charge in [0.15, 0.2) is 0 Å². The lowest BCUT2D eigenvalue weighted by atomic mass is 10.0. The van der Waals surface area contributed by atoms with Gasteiger partial charge in [0.05, 0.1) is 17.5 Å². The second-order valence-corrected chi connectivity index (χ2v) is 10.5. The van der Waals surface area contributed by atoms with E-state index in [-0.39, 0.29) is 5.56 Å². The summed E-state index contributed by atoms with van der Waals surface area (Å²) in [6.45, 7) is 5.97. The lowest BCUT2D eigenvalue weighted by Crippen LogP contribution is -2.27. The molecular weight excluding hydrogens is 565 g/mol. The highest BCUT2D eigenvalue weighted by Gasteiger charge is 2.30. The number of carbonyl (C=O) groups is 2. The van der Waals surface area contributed by atoms with Crippen molar-refractivity contribution in [3.05, 3.63) is 101 Å². The third kappa shape index (κ3) is 7.38. The molecule has 0 aliphatic heterocycles. The van der Waals surface area contributed by atoms with Crippen LogP contribution < -0.4 is 15.5 Å². The number of carbonyl (C=O) groups excluding carboxylic acids is 2. The summed E-state index contributed by atoms with van der Waals surface area (Å²) in [7, 11) is 1.66. The number of alkyl halides is 3. The average molecular weight is 595 g/mol. The number of halogens is 3. The largest absolute Gasteiger partial charge is 0.416 e. The van der Waals surface area contributed by atoms with Crippen LogP contribution in [0.1, 0.15) is 52.4 Å². The van der Waals surface area contributed by atoms with Gasteiger partial charge in [0.25, 0.3) is 5.91 Å². The van der Waals surface area contributed by atoms with Gasteiger partial charge in [-0.1, -0.05) is 56.3 Å². The summed E-state index contributed by atoms with van der Waals surface area (Å²) < 4.78 is 42.7. The van der Waals surface area contributed by atoms with Crippen LogP contribution in [0.3, 0.4) is 0 Å². The van der Waals surface area contributed by atoms with Gasteiger partial charge < -0.3 is 5.32 Å². The molecule has 0 saturated heterocycles. The van der Waals surface area contributed by atoms with Crippen molar-refractivity contribution >= 4 is 35.9 Å². The van der Waals surface area contributed by atoms with Crippen LogP contribution in [0, 0.1) is 6.92 Å². The molecule has 218 valence electrons. The van der Waals surface area contributed by atoms with Crippen LogP contribution in [0.4, 0.5) is 23.8 Å². The summed E-state index contributed by atoms with van der Waals surface area (Å²) in [6.07, 6.45) is -2.97. The summed E-state index contributed by atoms with van der Waals surface area (Å²) in [5, 5.41) is 11.2. The highest BCUT2D eigenvalue weighted by molar-refractivity contribution is 7.98. The maximum atomic E-state index is 12.8. The molecule has 3 N–H and O–H groups in total. The molecule has 0 saturated carbocycles. The smallest absolute Gasteiger partial charge is 0.307 e. The van der Waals surface area contributed by atoms with E-state index in [9.17, 15) is 22.8 Å². The van der Waals surface area contributed by atoms with Crippen LogP contribution in [-0.2, 0) is 13.2 Å². The van der Waals surface area contributed by atoms with Gasteiger partial charge in [0, 0.05) is 28.6 Å². The fourth-order valence-electron chi connectivity index (χ4n) is 4.14. The second kappa shape index (κ2) is 12.9. The normalized spacial score (nSPS) is 11.6. The fraction of sp³-hybridized carbons (Fsp3) is 0.200. The Morgan fingerprint density at radius 1 is 1.00 bits per heavy atom. The summed E-state index contributed by atoms with van der Waals surface area (Å²) in [5.74, 6) is 0.198. The van der Waals surface area contributed by atoms with Crippen molar-refractivity contribution < 1.29 is 22.8 Å². The van der Waals surface area contributed by atoms with Crippen molar-refractivity contribution in [1.82, 2.24) is 19.9 Å². The Hall–Kier alpha value is -4.58. The first kappa shape index (κ1) is 30.4. The Labute approximate surface area is 245 Å². The van der Waals surface area contributed by atoms with Crippen LogP contribution in [0.2, 0.25) is 0 Å². The van der Waals surface area contributed by atoms with E-state index in [1.807, 2.05) is 36.4 Å². The minimum atomic E-state index is -4.48. The van der Waals surface area contributed by atoms with Crippen molar-refractivity contribution in [2.75, 3.05) is 5.32 Å². The van der Waals surface area contributed by atoms with Crippen LogP contribution in [0.5, 0.6) is 0 Å². The Morgan fingerprint density at radius 2 is 1.67 bits per heavy atom. The summed E-state index contributed by atoms with van der Waals surface area (Å²) >= 11 is 1.23. The van der Waals surface area contributed by atoms with Crippen LogP contribution >= 0.6 is 11.9 Å². The highest BCUT2D eigenvalue weighted by atomic mass is 32.2. The molecule has 3 amide bonds. The van der Waals surface area contributed by atoms with Crippen molar-refractivity contribution in [3.63, 3.8) is 0 Å². The van der Waals surface area contributed by atoms with E-state index in [2.05, 4.69) is 39.5 Å². The first-order valence-electron chi connectivity index (χ1n) is 12.9. The van der Waals surface area contributed by atoms with Crippen LogP contribution in [-0.4, -0.2) is 27.9 Å². The van der Waals surface area contributed by atoms with E-state index in [0.29, 0.717) is 23.0 Å². The quantitative estimate of drug-likeness (QED) is 0.115. The number of anilines is 1. The molecule has 0 radical (unpaired) electrons.